The number of pyridine rings is 1. The molecule has 0 fully saturated rings. The number of hydrogen-bond acceptors (Lipinski definition) is 6. The lowest BCUT2D eigenvalue weighted by atomic mass is 10.2. The lowest BCUT2D eigenvalue weighted by Crippen LogP contribution is -2.18. The quantitative estimate of drug-likeness (QED) is 0.463. The first kappa shape index (κ1) is 18.4. The molecule has 6 nitrogen and oxygen atoms in total. The van der Waals surface area contributed by atoms with E-state index >= 15 is 0 Å². The van der Waals surface area contributed by atoms with Gasteiger partial charge in [0.25, 0.3) is 0 Å². The summed E-state index contributed by atoms with van der Waals surface area (Å²) in [6.45, 7) is -0.338. The standard InChI is InChI=1S/C15H13Cl3N4O2/c16-15(17,18)9-24-13(23)8-11-6-7-12(14(19)20-11)22-21-10-4-2-1-3-5-10/h1-7H,8-9H2,(H2,19,20). The van der Waals surface area contributed by atoms with E-state index in [-0.39, 0.29) is 18.8 Å². The van der Waals surface area contributed by atoms with E-state index in [1.54, 1.807) is 12.1 Å². The third-order valence-corrected chi connectivity index (χ3v) is 3.04. The molecule has 0 unspecified atom stereocenters. The van der Waals surface area contributed by atoms with Gasteiger partial charge in [0.05, 0.1) is 17.8 Å². The Morgan fingerprint density at radius 2 is 1.83 bits per heavy atom. The highest BCUT2D eigenvalue weighted by Crippen LogP contribution is 2.26. The number of anilines is 1. The van der Waals surface area contributed by atoms with E-state index in [2.05, 4.69) is 15.2 Å². The first-order chi connectivity index (χ1) is 11.3. The highest BCUT2D eigenvalue weighted by atomic mass is 35.6. The van der Waals surface area contributed by atoms with Crippen molar-refractivity contribution in [2.75, 3.05) is 12.3 Å². The molecule has 0 aliphatic rings. The predicted molar refractivity (Wildman–Crippen MR) is 94.2 cm³/mol. The van der Waals surface area contributed by atoms with Crippen molar-refractivity contribution in [3.05, 3.63) is 48.2 Å². The lowest BCUT2D eigenvalue weighted by Gasteiger charge is -2.11. The fourth-order valence-electron chi connectivity index (χ4n) is 1.66. The number of carbonyl (C=O) groups excluding carboxylic acids is 1. The fourth-order valence-corrected chi connectivity index (χ4v) is 1.82. The molecule has 0 aliphatic carbocycles. The number of nitrogens with two attached hydrogens (primary N) is 1. The SMILES string of the molecule is Nc1nc(CC(=O)OCC(Cl)(Cl)Cl)ccc1N=Nc1ccccc1. The highest BCUT2D eigenvalue weighted by molar-refractivity contribution is 6.67. The Balaban J connectivity index is 1.99. The number of nitrogen functional groups attached to an aromatic ring is 1. The average molecular weight is 388 g/mol. The number of rotatable bonds is 5. The Labute approximate surface area is 153 Å². The molecule has 2 aromatic rings. The van der Waals surface area contributed by atoms with E-state index in [0.717, 1.165) is 0 Å². The van der Waals surface area contributed by atoms with Crippen LogP contribution in [0.5, 0.6) is 0 Å². The van der Waals surface area contributed by atoms with Crippen LogP contribution >= 0.6 is 34.8 Å². The maximum Gasteiger partial charge on any atom is 0.312 e. The first-order valence-electron chi connectivity index (χ1n) is 6.78. The smallest absolute Gasteiger partial charge is 0.312 e. The van der Waals surface area contributed by atoms with Gasteiger partial charge in [0.1, 0.15) is 12.3 Å². The average Bonchev–Trinajstić information content (AvgIpc) is 2.52. The molecule has 0 amide bonds. The van der Waals surface area contributed by atoms with Crippen molar-refractivity contribution in [2.24, 2.45) is 10.2 Å². The molecule has 0 aliphatic heterocycles. The van der Waals surface area contributed by atoms with Gasteiger partial charge >= 0.3 is 5.97 Å². The Hall–Kier alpha value is -1.89. The van der Waals surface area contributed by atoms with Crippen LogP contribution in [0.25, 0.3) is 0 Å². The zero-order valence-corrected chi connectivity index (χ0v) is 14.6. The molecule has 0 bridgehead atoms. The van der Waals surface area contributed by atoms with Gasteiger partial charge in [-0.25, -0.2) is 4.98 Å². The number of hydrogen-bond donors (Lipinski definition) is 1. The molecule has 126 valence electrons. The highest BCUT2D eigenvalue weighted by Gasteiger charge is 2.22. The molecule has 2 rings (SSSR count). The van der Waals surface area contributed by atoms with Crippen LogP contribution < -0.4 is 5.73 Å². The van der Waals surface area contributed by atoms with Gasteiger partial charge in [0.15, 0.2) is 5.82 Å². The minimum atomic E-state index is -1.65. The van der Waals surface area contributed by atoms with Crippen LogP contribution in [0.1, 0.15) is 5.69 Å². The minimum absolute atomic E-state index is 0.0962. The molecule has 9 heteroatoms. The van der Waals surface area contributed by atoms with Crippen molar-refractivity contribution in [3.63, 3.8) is 0 Å². The van der Waals surface area contributed by atoms with Gasteiger partial charge in [-0.1, -0.05) is 53.0 Å². The fraction of sp³-hybridized carbons (Fsp3) is 0.200. The van der Waals surface area contributed by atoms with Crippen LogP contribution in [-0.2, 0) is 16.0 Å². The topological polar surface area (TPSA) is 89.9 Å². The number of halogens is 3. The summed E-state index contributed by atoms with van der Waals surface area (Å²) in [6.07, 6.45) is -0.0962. The van der Waals surface area contributed by atoms with Crippen LogP contribution in [0, 0.1) is 0 Å². The molecular formula is C15H13Cl3N4O2. The maximum atomic E-state index is 11.6. The van der Waals surface area contributed by atoms with Gasteiger partial charge in [0.2, 0.25) is 3.79 Å². The maximum absolute atomic E-state index is 11.6. The lowest BCUT2D eigenvalue weighted by molar-refractivity contribution is -0.142. The summed E-state index contributed by atoms with van der Waals surface area (Å²) in [4.78, 5) is 15.7. The normalized spacial score (nSPS) is 11.6. The second kappa shape index (κ2) is 8.28. The summed E-state index contributed by atoms with van der Waals surface area (Å²) in [5.74, 6) is -0.423. The van der Waals surface area contributed by atoms with Gasteiger partial charge < -0.3 is 10.5 Å². The van der Waals surface area contributed by atoms with Crippen LogP contribution in [0.15, 0.2) is 52.7 Å². The number of carbonyl (C=O) groups is 1. The van der Waals surface area contributed by atoms with Gasteiger partial charge in [-0.2, -0.15) is 5.11 Å². The Morgan fingerprint density at radius 1 is 1.12 bits per heavy atom. The zero-order valence-electron chi connectivity index (χ0n) is 12.3. The predicted octanol–water partition coefficient (Wildman–Crippen LogP) is 4.54. The van der Waals surface area contributed by atoms with Crippen LogP contribution in [0.3, 0.4) is 0 Å². The van der Waals surface area contributed by atoms with Crippen LogP contribution in [0.2, 0.25) is 0 Å². The van der Waals surface area contributed by atoms with Crippen molar-refractivity contribution in [1.82, 2.24) is 4.98 Å². The van der Waals surface area contributed by atoms with E-state index in [9.17, 15) is 4.79 Å². The van der Waals surface area contributed by atoms with Gasteiger partial charge in [-0.15, -0.1) is 5.11 Å². The molecule has 2 N–H and O–H groups in total. The Kier molecular flexibility index (Phi) is 6.36. The van der Waals surface area contributed by atoms with E-state index < -0.39 is 9.76 Å². The first-order valence-corrected chi connectivity index (χ1v) is 7.91. The molecule has 0 saturated heterocycles. The number of azo groups is 1. The summed E-state index contributed by atoms with van der Waals surface area (Å²) < 4.78 is 3.18. The molecule has 1 heterocycles. The third-order valence-electron chi connectivity index (χ3n) is 2.71. The zero-order chi connectivity index (χ0) is 17.6. The number of aromatic nitrogens is 1. The second-order valence-electron chi connectivity index (χ2n) is 4.70. The van der Waals surface area contributed by atoms with E-state index in [0.29, 0.717) is 17.1 Å². The summed E-state index contributed by atoms with van der Waals surface area (Å²) >= 11 is 16.5. The number of benzene rings is 1. The molecule has 0 radical (unpaired) electrons. The summed E-state index contributed by atoms with van der Waals surface area (Å²) in [5, 5.41) is 8.09. The number of esters is 1. The Bertz CT molecular complexity index is 733. The van der Waals surface area contributed by atoms with Crippen molar-refractivity contribution < 1.29 is 9.53 Å². The van der Waals surface area contributed by atoms with E-state index in [1.165, 1.54) is 0 Å². The largest absolute Gasteiger partial charge is 0.461 e. The molecule has 0 saturated carbocycles. The number of alkyl halides is 3. The Morgan fingerprint density at radius 3 is 2.46 bits per heavy atom. The molecule has 0 atom stereocenters. The monoisotopic (exact) mass is 386 g/mol. The van der Waals surface area contributed by atoms with Crippen molar-refractivity contribution in [1.29, 1.82) is 0 Å². The van der Waals surface area contributed by atoms with Gasteiger partial charge in [-0.3, -0.25) is 4.79 Å². The van der Waals surface area contributed by atoms with Gasteiger partial charge in [0, 0.05) is 0 Å². The van der Waals surface area contributed by atoms with E-state index in [4.69, 9.17) is 45.3 Å². The van der Waals surface area contributed by atoms with Gasteiger partial charge in [-0.05, 0) is 24.3 Å². The number of nitrogens with zero attached hydrogens (tertiary/aromatic N) is 3. The molecule has 24 heavy (non-hydrogen) atoms. The summed E-state index contributed by atoms with van der Waals surface area (Å²) in [5.41, 5.74) is 7.33. The molecule has 1 aromatic heterocycles. The molecular weight excluding hydrogens is 375 g/mol. The third kappa shape index (κ3) is 6.31. The second-order valence-corrected chi connectivity index (χ2v) is 7.21. The van der Waals surface area contributed by atoms with Crippen molar-refractivity contribution in [3.8, 4) is 0 Å². The number of ether oxygens (including phenoxy) is 1. The van der Waals surface area contributed by atoms with Crippen LogP contribution in [-0.4, -0.2) is 21.4 Å². The summed E-state index contributed by atoms with van der Waals surface area (Å²) in [7, 11) is 0. The van der Waals surface area contributed by atoms with E-state index in [1.807, 2.05) is 30.3 Å². The minimum Gasteiger partial charge on any atom is -0.461 e. The summed E-state index contributed by atoms with van der Waals surface area (Å²) in [6, 6.07) is 12.4. The molecule has 0 spiro atoms. The molecule has 1 aromatic carbocycles. The van der Waals surface area contributed by atoms with Crippen molar-refractivity contribution >= 4 is 58.0 Å². The van der Waals surface area contributed by atoms with Crippen LogP contribution in [0.4, 0.5) is 17.2 Å². The van der Waals surface area contributed by atoms with Crippen molar-refractivity contribution in [2.45, 2.75) is 10.2 Å².